The molecule has 35 heavy (non-hydrogen) atoms. The second kappa shape index (κ2) is 12.7. The number of para-hydroxylation sites is 1. The standard InChI is InChI=1S/C28H28O5S.Na/c1-2-28(20-10-5-3-6-11-20,21-12-7-4-8-13-21)34-17-16-22-23-14-9-15-24(32-19-26(30)31)27(23)33-25(22)18-29;/h3-15,29H,2,16-19H2,1H3,(H,30,31);/q;+1/p-1. The number of ether oxygens (including phenoxy) is 1. The summed E-state index contributed by atoms with van der Waals surface area (Å²) in [4.78, 5) is 10.8. The Morgan fingerprint density at radius 3 is 2.17 bits per heavy atom. The summed E-state index contributed by atoms with van der Waals surface area (Å²) in [6, 6.07) is 26.4. The van der Waals surface area contributed by atoms with Gasteiger partial charge in [-0.05, 0) is 35.8 Å². The third kappa shape index (κ3) is 5.96. The zero-order chi connectivity index (χ0) is 24.0. The number of thioether (sulfide) groups is 1. The molecular formula is C28H27NaO5S. The first-order valence-electron chi connectivity index (χ1n) is 11.3. The van der Waals surface area contributed by atoms with Crippen molar-refractivity contribution in [3.05, 3.63) is 101 Å². The van der Waals surface area contributed by atoms with Crippen molar-refractivity contribution in [2.75, 3.05) is 12.4 Å². The molecule has 0 saturated heterocycles. The first-order chi connectivity index (χ1) is 16.6. The van der Waals surface area contributed by atoms with Crippen LogP contribution in [0.1, 0.15) is 35.8 Å². The molecule has 176 valence electrons. The van der Waals surface area contributed by atoms with E-state index >= 15 is 0 Å². The van der Waals surface area contributed by atoms with Crippen LogP contribution in [0, 0.1) is 0 Å². The summed E-state index contributed by atoms with van der Waals surface area (Å²) in [6.45, 7) is 1.40. The monoisotopic (exact) mass is 498 g/mol. The van der Waals surface area contributed by atoms with Crippen LogP contribution in [-0.4, -0.2) is 23.4 Å². The summed E-state index contributed by atoms with van der Waals surface area (Å²) >= 11 is 1.88. The molecule has 1 aromatic heterocycles. The number of aliphatic carboxylic acids is 1. The van der Waals surface area contributed by atoms with Gasteiger partial charge in [0.1, 0.15) is 19.0 Å². The topological polar surface area (TPSA) is 82.7 Å². The van der Waals surface area contributed by atoms with Crippen LogP contribution in [-0.2, 0) is 22.6 Å². The van der Waals surface area contributed by atoms with Crippen LogP contribution in [0.5, 0.6) is 5.75 Å². The maximum atomic E-state index is 10.8. The van der Waals surface area contributed by atoms with Gasteiger partial charge in [-0.3, -0.25) is 0 Å². The molecule has 7 heteroatoms. The van der Waals surface area contributed by atoms with E-state index in [-0.39, 0.29) is 40.9 Å². The predicted octanol–water partition coefficient (Wildman–Crippen LogP) is 1.69. The minimum Gasteiger partial charge on any atom is -0.546 e. The SMILES string of the molecule is CCC(SCCc1c(CO)oc2c(OCC(=O)[O-])cccc12)(c1ccccc1)c1ccccc1.[Na+]. The van der Waals surface area contributed by atoms with Gasteiger partial charge in [-0.2, -0.15) is 0 Å². The van der Waals surface area contributed by atoms with E-state index in [2.05, 4.69) is 55.5 Å². The zero-order valence-corrected chi connectivity index (χ0v) is 22.8. The number of hydrogen-bond acceptors (Lipinski definition) is 6. The molecule has 0 aliphatic carbocycles. The molecule has 1 heterocycles. The molecule has 0 aliphatic heterocycles. The molecule has 0 radical (unpaired) electrons. The smallest absolute Gasteiger partial charge is 0.546 e. The number of aliphatic hydroxyl groups is 1. The zero-order valence-electron chi connectivity index (χ0n) is 20.0. The second-order valence-electron chi connectivity index (χ2n) is 7.97. The molecule has 0 fully saturated rings. The third-order valence-electron chi connectivity index (χ3n) is 6.03. The second-order valence-corrected chi connectivity index (χ2v) is 9.36. The largest absolute Gasteiger partial charge is 1.00 e. The number of carboxylic acids is 1. The molecule has 0 aliphatic rings. The van der Waals surface area contributed by atoms with Gasteiger partial charge in [0, 0.05) is 10.9 Å². The van der Waals surface area contributed by atoms with Crippen LogP contribution in [0.2, 0.25) is 0 Å². The van der Waals surface area contributed by atoms with Crippen LogP contribution in [0.3, 0.4) is 0 Å². The molecule has 4 aromatic rings. The van der Waals surface area contributed by atoms with Crippen LogP contribution >= 0.6 is 11.8 Å². The van der Waals surface area contributed by atoms with Crippen molar-refractivity contribution in [1.29, 1.82) is 0 Å². The van der Waals surface area contributed by atoms with Crippen molar-refractivity contribution >= 4 is 28.7 Å². The number of benzene rings is 3. The van der Waals surface area contributed by atoms with Crippen molar-refractivity contribution in [3.63, 3.8) is 0 Å². The normalized spacial score (nSPS) is 11.3. The number of aliphatic hydroxyl groups excluding tert-OH is 1. The maximum Gasteiger partial charge on any atom is 1.00 e. The summed E-state index contributed by atoms with van der Waals surface area (Å²) in [5, 5.41) is 21.6. The number of rotatable bonds is 11. The fourth-order valence-electron chi connectivity index (χ4n) is 4.43. The number of carboxylic acid groups (broad SMARTS) is 1. The quantitative estimate of drug-likeness (QED) is 0.317. The summed E-state index contributed by atoms with van der Waals surface area (Å²) in [5.74, 6) is 0.289. The average Bonchev–Trinajstić information content (AvgIpc) is 3.25. The van der Waals surface area contributed by atoms with Crippen LogP contribution in [0.25, 0.3) is 11.0 Å². The van der Waals surface area contributed by atoms with E-state index in [4.69, 9.17) is 9.15 Å². The molecule has 3 aromatic carbocycles. The molecule has 4 rings (SSSR count). The van der Waals surface area contributed by atoms with Crippen molar-refractivity contribution in [3.8, 4) is 5.75 Å². The van der Waals surface area contributed by atoms with Gasteiger partial charge < -0.3 is 24.2 Å². The van der Waals surface area contributed by atoms with Crippen LogP contribution in [0.4, 0.5) is 0 Å². The summed E-state index contributed by atoms with van der Waals surface area (Å²) in [6.07, 6.45) is 1.60. The Hall–Kier alpha value is -2.22. The minimum atomic E-state index is -1.31. The number of hydrogen-bond donors (Lipinski definition) is 1. The van der Waals surface area contributed by atoms with Gasteiger partial charge in [0.2, 0.25) is 0 Å². The molecule has 0 atom stereocenters. The average molecular weight is 499 g/mol. The van der Waals surface area contributed by atoms with Gasteiger partial charge in [0.15, 0.2) is 11.3 Å². The third-order valence-corrected chi connectivity index (χ3v) is 7.69. The fourth-order valence-corrected chi connectivity index (χ4v) is 5.90. The van der Waals surface area contributed by atoms with Crippen LogP contribution < -0.4 is 39.4 Å². The summed E-state index contributed by atoms with van der Waals surface area (Å²) in [5.41, 5.74) is 3.87. The van der Waals surface area contributed by atoms with E-state index in [9.17, 15) is 15.0 Å². The van der Waals surface area contributed by atoms with Gasteiger partial charge >= 0.3 is 29.6 Å². The molecule has 0 spiro atoms. The van der Waals surface area contributed by atoms with Gasteiger partial charge in [0.25, 0.3) is 0 Å². The number of carbonyl (C=O) groups is 1. The van der Waals surface area contributed by atoms with E-state index in [0.29, 0.717) is 23.5 Å². The van der Waals surface area contributed by atoms with E-state index in [1.54, 1.807) is 12.1 Å². The van der Waals surface area contributed by atoms with E-state index in [1.807, 2.05) is 30.0 Å². The fraction of sp³-hybridized carbons (Fsp3) is 0.250. The summed E-state index contributed by atoms with van der Waals surface area (Å²) < 4.78 is 11.0. The molecule has 0 amide bonds. The van der Waals surface area contributed by atoms with Crippen LogP contribution in [0.15, 0.2) is 83.3 Å². The first-order valence-corrected chi connectivity index (χ1v) is 12.3. The molecular weight excluding hydrogens is 471 g/mol. The minimum absolute atomic E-state index is 0. The molecule has 0 saturated carbocycles. The predicted molar refractivity (Wildman–Crippen MR) is 133 cm³/mol. The Balaban J connectivity index is 0.00000342. The van der Waals surface area contributed by atoms with E-state index in [0.717, 1.165) is 23.1 Å². The van der Waals surface area contributed by atoms with Crippen molar-refractivity contribution in [2.45, 2.75) is 31.1 Å². The van der Waals surface area contributed by atoms with Gasteiger partial charge in [-0.15, -0.1) is 11.8 Å². The number of carbonyl (C=O) groups excluding carboxylic acids is 1. The number of fused-ring (bicyclic) bond motifs is 1. The molecule has 1 N–H and O–H groups in total. The van der Waals surface area contributed by atoms with Crippen molar-refractivity contribution < 1.29 is 53.7 Å². The molecule has 0 bridgehead atoms. The number of furan rings is 1. The molecule has 5 nitrogen and oxygen atoms in total. The van der Waals surface area contributed by atoms with Gasteiger partial charge in [0.05, 0.1) is 10.7 Å². The Morgan fingerprint density at radius 1 is 1.00 bits per heavy atom. The Labute approximate surface area is 231 Å². The Kier molecular flexibility index (Phi) is 9.89. The Morgan fingerprint density at radius 2 is 1.63 bits per heavy atom. The number of aryl methyl sites for hydroxylation is 1. The van der Waals surface area contributed by atoms with E-state index < -0.39 is 12.6 Å². The molecule has 0 unspecified atom stereocenters. The first kappa shape index (κ1) is 27.4. The van der Waals surface area contributed by atoms with Crippen molar-refractivity contribution in [2.24, 2.45) is 0 Å². The maximum absolute atomic E-state index is 10.8. The van der Waals surface area contributed by atoms with Gasteiger partial charge in [-0.25, -0.2) is 0 Å². The van der Waals surface area contributed by atoms with Crippen molar-refractivity contribution in [1.82, 2.24) is 0 Å². The Bertz CT molecular complexity index is 1200. The van der Waals surface area contributed by atoms with E-state index in [1.165, 1.54) is 11.1 Å². The summed E-state index contributed by atoms with van der Waals surface area (Å²) in [7, 11) is 0. The van der Waals surface area contributed by atoms with Gasteiger partial charge in [-0.1, -0.05) is 79.7 Å².